The number of imidazole rings is 1. The molecule has 0 aliphatic carbocycles. The van der Waals surface area contributed by atoms with Crippen molar-refractivity contribution in [2.24, 2.45) is 4.99 Å². The number of para-hydroxylation sites is 2. The summed E-state index contributed by atoms with van der Waals surface area (Å²) in [6.07, 6.45) is 3.85. The zero-order valence-electron chi connectivity index (χ0n) is 17.3. The van der Waals surface area contributed by atoms with Crippen LogP contribution in [0.25, 0.3) is 0 Å². The van der Waals surface area contributed by atoms with Crippen molar-refractivity contribution < 1.29 is 5.11 Å². The highest BCUT2D eigenvalue weighted by Crippen LogP contribution is 2.27. The molecule has 4 rings (SSSR count). The Morgan fingerprint density at radius 1 is 1.03 bits per heavy atom. The van der Waals surface area contributed by atoms with E-state index in [-0.39, 0.29) is 0 Å². The average molecular weight is 405 g/mol. The number of nitrogens with zero attached hydrogens (tertiary/aromatic N) is 5. The van der Waals surface area contributed by atoms with Gasteiger partial charge in [0.2, 0.25) is 0 Å². The van der Waals surface area contributed by atoms with Gasteiger partial charge in [0, 0.05) is 52.2 Å². The highest BCUT2D eigenvalue weighted by Gasteiger charge is 2.21. The van der Waals surface area contributed by atoms with E-state index in [4.69, 9.17) is 0 Å². The van der Waals surface area contributed by atoms with Crippen LogP contribution in [0.15, 0.2) is 72.0 Å². The van der Waals surface area contributed by atoms with Crippen LogP contribution in [-0.4, -0.2) is 58.7 Å². The molecule has 0 spiro atoms. The van der Waals surface area contributed by atoms with Crippen molar-refractivity contribution in [3.05, 3.63) is 78.4 Å². The molecule has 0 amide bonds. The summed E-state index contributed by atoms with van der Waals surface area (Å²) in [6, 6.07) is 17.9. The Hall–Kier alpha value is -3.48. The maximum absolute atomic E-state index is 10.1. The molecule has 156 valence electrons. The summed E-state index contributed by atoms with van der Waals surface area (Å²) in [5, 5.41) is 13.6. The molecule has 0 radical (unpaired) electrons. The molecule has 0 atom stereocenters. The number of hydrogen-bond donors (Lipinski definition) is 2. The molecule has 7 heteroatoms. The van der Waals surface area contributed by atoms with Crippen molar-refractivity contribution in [3.63, 3.8) is 0 Å². The smallest absolute Gasteiger partial charge is 0.194 e. The number of nitrogens with one attached hydrogen (secondary N) is 1. The lowest BCUT2D eigenvalue weighted by Gasteiger charge is -2.37. The fourth-order valence-electron chi connectivity index (χ4n) is 3.81. The van der Waals surface area contributed by atoms with Gasteiger partial charge in [0.05, 0.1) is 12.2 Å². The first-order valence-corrected chi connectivity index (χ1v) is 10.3. The zero-order chi connectivity index (χ0) is 20.8. The van der Waals surface area contributed by atoms with E-state index in [1.165, 1.54) is 5.56 Å². The number of piperazine rings is 1. The monoisotopic (exact) mass is 404 g/mol. The molecule has 1 aromatic heterocycles. The number of benzene rings is 2. The van der Waals surface area contributed by atoms with Crippen molar-refractivity contribution in [2.45, 2.75) is 13.1 Å². The van der Waals surface area contributed by atoms with Gasteiger partial charge in [0.15, 0.2) is 5.96 Å². The maximum Gasteiger partial charge on any atom is 0.194 e. The second kappa shape index (κ2) is 9.35. The summed E-state index contributed by atoms with van der Waals surface area (Å²) >= 11 is 0. The minimum atomic E-state index is 0.332. The molecule has 7 nitrogen and oxygen atoms in total. The van der Waals surface area contributed by atoms with Crippen molar-refractivity contribution in [1.29, 1.82) is 0 Å². The highest BCUT2D eigenvalue weighted by atomic mass is 16.3. The number of aliphatic imine (C=N–C) groups is 1. The van der Waals surface area contributed by atoms with Gasteiger partial charge in [-0.3, -0.25) is 4.99 Å². The van der Waals surface area contributed by atoms with E-state index in [2.05, 4.69) is 53.9 Å². The van der Waals surface area contributed by atoms with E-state index >= 15 is 0 Å². The van der Waals surface area contributed by atoms with Crippen LogP contribution in [0.4, 0.5) is 5.69 Å². The Labute approximate surface area is 177 Å². The van der Waals surface area contributed by atoms with Gasteiger partial charge < -0.3 is 24.8 Å². The zero-order valence-corrected chi connectivity index (χ0v) is 17.3. The van der Waals surface area contributed by atoms with E-state index in [0.717, 1.165) is 50.2 Å². The molecule has 2 N–H and O–H groups in total. The maximum atomic E-state index is 10.1. The van der Waals surface area contributed by atoms with E-state index in [0.29, 0.717) is 12.3 Å². The summed E-state index contributed by atoms with van der Waals surface area (Å²) in [6.45, 7) is 4.77. The highest BCUT2D eigenvalue weighted by molar-refractivity contribution is 5.80. The standard InChI is InChI=1S/C23H28N6O/c1-24-23(28-15-13-27(14-16-28)20-9-5-6-10-21(20)30)26-17-22-25-11-12-29(22)18-19-7-3-2-4-8-19/h2-12,30H,13-18H2,1H3,(H,24,26). The molecule has 1 aliphatic heterocycles. The molecular weight excluding hydrogens is 376 g/mol. The summed E-state index contributed by atoms with van der Waals surface area (Å²) in [7, 11) is 1.81. The van der Waals surface area contributed by atoms with Crippen molar-refractivity contribution in [1.82, 2.24) is 19.8 Å². The van der Waals surface area contributed by atoms with Crippen LogP contribution in [0.5, 0.6) is 5.75 Å². The normalized spacial score (nSPS) is 14.8. The molecule has 0 saturated carbocycles. The summed E-state index contributed by atoms with van der Waals surface area (Å²) in [5.74, 6) is 2.19. The molecule has 30 heavy (non-hydrogen) atoms. The van der Waals surface area contributed by atoms with Gasteiger partial charge in [-0.25, -0.2) is 4.98 Å². The van der Waals surface area contributed by atoms with Crippen LogP contribution >= 0.6 is 0 Å². The summed E-state index contributed by atoms with van der Waals surface area (Å²) < 4.78 is 2.16. The Morgan fingerprint density at radius 2 is 1.77 bits per heavy atom. The average Bonchev–Trinajstić information content (AvgIpc) is 3.22. The second-order valence-electron chi connectivity index (χ2n) is 7.32. The van der Waals surface area contributed by atoms with Crippen LogP contribution in [0.2, 0.25) is 0 Å². The predicted molar refractivity (Wildman–Crippen MR) is 120 cm³/mol. The Balaban J connectivity index is 1.33. The van der Waals surface area contributed by atoms with Crippen molar-refractivity contribution >= 4 is 11.6 Å². The first-order chi connectivity index (χ1) is 14.7. The molecular formula is C23H28N6O. The van der Waals surface area contributed by atoms with E-state index < -0.39 is 0 Å². The van der Waals surface area contributed by atoms with E-state index in [1.54, 1.807) is 6.07 Å². The van der Waals surface area contributed by atoms with E-state index in [1.807, 2.05) is 43.7 Å². The first-order valence-electron chi connectivity index (χ1n) is 10.3. The summed E-state index contributed by atoms with van der Waals surface area (Å²) in [4.78, 5) is 13.4. The van der Waals surface area contributed by atoms with Crippen LogP contribution in [0.3, 0.4) is 0 Å². The van der Waals surface area contributed by atoms with Crippen LogP contribution in [0.1, 0.15) is 11.4 Å². The van der Waals surface area contributed by atoms with Gasteiger partial charge in [-0.05, 0) is 17.7 Å². The van der Waals surface area contributed by atoms with Gasteiger partial charge >= 0.3 is 0 Å². The number of rotatable bonds is 5. The number of phenols is 1. The van der Waals surface area contributed by atoms with Crippen LogP contribution < -0.4 is 10.2 Å². The minimum absolute atomic E-state index is 0.332. The first kappa shape index (κ1) is 19.8. The quantitative estimate of drug-likeness (QED) is 0.505. The molecule has 1 saturated heterocycles. The lowest BCUT2D eigenvalue weighted by molar-refractivity contribution is 0.369. The topological polar surface area (TPSA) is 68.9 Å². The molecule has 1 fully saturated rings. The summed E-state index contributed by atoms with van der Waals surface area (Å²) in [5.41, 5.74) is 2.14. The molecule has 1 aliphatic rings. The lowest BCUT2D eigenvalue weighted by atomic mass is 10.2. The fraction of sp³-hybridized carbons (Fsp3) is 0.304. The van der Waals surface area contributed by atoms with Crippen molar-refractivity contribution in [2.75, 3.05) is 38.1 Å². The largest absolute Gasteiger partial charge is 0.506 e. The fourth-order valence-corrected chi connectivity index (χ4v) is 3.81. The predicted octanol–water partition coefficient (Wildman–Crippen LogP) is 2.53. The van der Waals surface area contributed by atoms with Gasteiger partial charge in [0.25, 0.3) is 0 Å². The van der Waals surface area contributed by atoms with Crippen LogP contribution in [-0.2, 0) is 13.1 Å². The third-order valence-corrected chi connectivity index (χ3v) is 5.42. The van der Waals surface area contributed by atoms with Gasteiger partial charge in [-0.1, -0.05) is 42.5 Å². The van der Waals surface area contributed by atoms with Gasteiger partial charge in [-0.15, -0.1) is 0 Å². The number of guanidine groups is 1. The number of aromatic nitrogens is 2. The molecule has 2 heterocycles. The number of aromatic hydroxyl groups is 1. The number of phenolic OH excluding ortho intramolecular Hbond substituents is 1. The molecule has 0 unspecified atom stereocenters. The third-order valence-electron chi connectivity index (χ3n) is 5.42. The van der Waals surface area contributed by atoms with Crippen molar-refractivity contribution in [3.8, 4) is 5.75 Å². The Kier molecular flexibility index (Phi) is 6.17. The van der Waals surface area contributed by atoms with Gasteiger partial charge in [-0.2, -0.15) is 0 Å². The minimum Gasteiger partial charge on any atom is -0.506 e. The SMILES string of the molecule is CN=C(NCc1nccn1Cc1ccccc1)N1CCN(c2ccccc2O)CC1. The molecule has 2 aromatic carbocycles. The Bertz CT molecular complexity index is 976. The number of hydrogen-bond acceptors (Lipinski definition) is 4. The van der Waals surface area contributed by atoms with E-state index in [9.17, 15) is 5.11 Å². The second-order valence-corrected chi connectivity index (χ2v) is 7.32. The molecule has 0 bridgehead atoms. The van der Waals surface area contributed by atoms with Crippen LogP contribution in [0, 0.1) is 0 Å². The molecule has 3 aromatic rings. The number of anilines is 1. The van der Waals surface area contributed by atoms with Gasteiger partial charge in [0.1, 0.15) is 11.6 Å². The Morgan fingerprint density at radius 3 is 2.50 bits per heavy atom. The lowest BCUT2D eigenvalue weighted by Crippen LogP contribution is -2.52. The third kappa shape index (κ3) is 4.56.